The van der Waals surface area contributed by atoms with E-state index in [0.29, 0.717) is 48.9 Å². The molecule has 52 heavy (non-hydrogen) atoms. The first-order valence-electron chi connectivity index (χ1n) is 19.1. The Morgan fingerprint density at radius 3 is 2.31 bits per heavy atom. The third kappa shape index (κ3) is 15.7. The first-order valence-corrected chi connectivity index (χ1v) is 20.0. The summed E-state index contributed by atoms with van der Waals surface area (Å²) in [6.07, 6.45) is 9.81. The minimum atomic E-state index is -0.991. The van der Waals surface area contributed by atoms with Crippen molar-refractivity contribution in [3.05, 3.63) is 64.8 Å². The van der Waals surface area contributed by atoms with Crippen molar-refractivity contribution in [3.63, 3.8) is 0 Å². The van der Waals surface area contributed by atoms with E-state index >= 15 is 0 Å². The number of benzene rings is 1. The van der Waals surface area contributed by atoms with Crippen LogP contribution >= 0.6 is 11.3 Å². The summed E-state index contributed by atoms with van der Waals surface area (Å²) in [6, 6.07) is 7.42. The Bertz CT molecular complexity index is 1380. The summed E-state index contributed by atoms with van der Waals surface area (Å²) in [5.74, 6) is -1.47. The van der Waals surface area contributed by atoms with E-state index in [1.165, 1.54) is 36.3 Å². The molecule has 10 nitrogen and oxygen atoms in total. The average molecular weight is 743 g/mol. The van der Waals surface area contributed by atoms with Crippen LogP contribution in [0.2, 0.25) is 0 Å². The maximum absolute atomic E-state index is 12.1. The molecule has 0 aliphatic heterocycles. The van der Waals surface area contributed by atoms with E-state index in [1.54, 1.807) is 13.8 Å². The van der Waals surface area contributed by atoms with Crippen molar-refractivity contribution in [2.75, 3.05) is 31.6 Å². The molecule has 0 aliphatic carbocycles. The highest BCUT2D eigenvalue weighted by atomic mass is 32.1. The molecule has 1 heterocycles. The van der Waals surface area contributed by atoms with E-state index in [-0.39, 0.29) is 31.3 Å². The molecule has 1 aromatic heterocycles. The second kappa shape index (κ2) is 23.3. The fraction of sp³-hybridized carbons (Fsp3) is 0.634. The second-order valence-electron chi connectivity index (χ2n) is 14.8. The van der Waals surface area contributed by atoms with Crippen LogP contribution in [0.15, 0.2) is 48.5 Å². The number of hydrogen-bond acceptors (Lipinski definition) is 9. The number of anilines is 1. The van der Waals surface area contributed by atoms with E-state index < -0.39 is 17.4 Å². The number of allylic oxidation sites excluding steroid dienone is 1. The number of aliphatic carboxylic acids is 2. The van der Waals surface area contributed by atoms with Crippen molar-refractivity contribution in [1.82, 2.24) is 15.2 Å². The second-order valence-corrected chi connectivity index (χ2v) is 15.7. The zero-order chi connectivity index (χ0) is 38.7. The number of carboxylic acids is 2. The minimum Gasteiger partial charge on any atom is -0.481 e. The normalized spacial score (nSPS) is 13.4. The zero-order valence-electron chi connectivity index (χ0n) is 32.6. The maximum atomic E-state index is 12.1. The molecule has 0 bridgehead atoms. The summed E-state index contributed by atoms with van der Waals surface area (Å²) < 4.78 is 6.47. The van der Waals surface area contributed by atoms with Gasteiger partial charge in [-0.25, -0.2) is 4.98 Å². The molecule has 5 N–H and O–H groups in total. The van der Waals surface area contributed by atoms with Gasteiger partial charge in [-0.15, -0.1) is 11.3 Å². The monoisotopic (exact) mass is 742 g/mol. The Morgan fingerprint density at radius 1 is 1.02 bits per heavy atom. The van der Waals surface area contributed by atoms with Crippen molar-refractivity contribution >= 4 is 34.7 Å². The molecule has 0 saturated carbocycles. The molecule has 11 heteroatoms. The Labute approximate surface area is 316 Å². The molecule has 0 fully saturated rings. The van der Waals surface area contributed by atoms with Gasteiger partial charge in [0.2, 0.25) is 0 Å². The SMILES string of the molecule is C=C(NC(Cc1ccc(NCC(=O)O)cc1)CC(C)(C)C(=O)O)c1csc(C(CC(C(C)C)N(CCCCCC)C(=C)CCCC)OCCCO)n1. The number of aliphatic hydroxyl groups excluding tert-OH is 1. The molecule has 0 spiro atoms. The van der Waals surface area contributed by atoms with Crippen molar-refractivity contribution < 1.29 is 29.6 Å². The summed E-state index contributed by atoms with van der Waals surface area (Å²) in [5.41, 5.74) is 3.16. The van der Waals surface area contributed by atoms with Crippen LogP contribution in [0.5, 0.6) is 0 Å². The average Bonchev–Trinajstić information content (AvgIpc) is 3.59. The number of carboxylic acid groups (broad SMARTS) is 2. The van der Waals surface area contributed by atoms with E-state index in [2.05, 4.69) is 56.4 Å². The van der Waals surface area contributed by atoms with Crippen molar-refractivity contribution in [2.24, 2.45) is 11.3 Å². The largest absolute Gasteiger partial charge is 0.481 e. The smallest absolute Gasteiger partial charge is 0.322 e. The van der Waals surface area contributed by atoms with Gasteiger partial charge in [0, 0.05) is 55.0 Å². The lowest BCUT2D eigenvalue weighted by molar-refractivity contribution is -0.147. The Hall–Kier alpha value is -3.41. The molecular formula is C41H66N4O6S. The first-order chi connectivity index (χ1) is 24.7. The molecule has 0 radical (unpaired) electrons. The first kappa shape index (κ1) is 44.7. The summed E-state index contributed by atoms with van der Waals surface area (Å²) >= 11 is 1.53. The molecule has 1 aromatic carbocycles. The van der Waals surface area contributed by atoms with Gasteiger partial charge in [-0.3, -0.25) is 9.59 Å². The molecule has 292 valence electrons. The van der Waals surface area contributed by atoms with Crippen LogP contribution < -0.4 is 10.6 Å². The molecular weight excluding hydrogens is 677 g/mol. The summed E-state index contributed by atoms with van der Waals surface area (Å²) in [5, 5.41) is 37.7. The van der Waals surface area contributed by atoms with Gasteiger partial charge < -0.3 is 35.6 Å². The van der Waals surface area contributed by atoms with Crippen LogP contribution in [-0.4, -0.2) is 75.5 Å². The lowest BCUT2D eigenvalue weighted by Crippen LogP contribution is -2.40. The molecule has 3 unspecified atom stereocenters. The van der Waals surface area contributed by atoms with Crippen LogP contribution in [0, 0.1) is 11.3 Å². The maximum Gasteiger partial charge on any atom is 0.322 e. The highest BCUT2D eigenvalue weighted by Crippen LogP contribution is 2.34. The standard InChI is InChI=1S/C41H66N4O6S/c1-9-11-13-14-21-45(30(5)16-12-10-2)36(29(3)4)25-37(51-23-15-22-46)39-44-35(28-52-39)31(6)43-34(26-41(7,8)40(49)50)24-32-17-19-33(20-18-32)42-27-38(47)48/h17-20,28-29,34,36-37,42-43,46H,5-6,9-16,21-27H2,1-4,7-8H3,(H,47,48)(H,49,50). The van der Waals surface area contributed by atoms with Crippen molar-refractivity contribution in [3.8, 4) is 0 Å². The number of carbonyl (C=O) groups is 2. The minimum absolute atomic E-state index is 0.0528. The fourth-order valence-corrected chi connectivity index (χ4v) is 7.19. The Kier molecular flexibility index (Phi) is 20.0. The molecule has 0 aliphatic rings. The van der Waals surface area contributed by atoms with Gasteiger partial charge in [-0.05, 0) is 76.0 Å². The Morgan fingerprint density at radius 2 is 1.71 bits per heavy atom. The fourth-order valence-electron chi connectivity index (χ4n) is 6.29. The molecule has 0 amide bonds. The lowest BCUT2D eigenvalue weighted by atomic mass is 9.83. The molecule has 2 rings (SSSR count). The predicted molar refractivity (Wildman–Crippen MR) is 214 cm³/mol. The molecule has 0 saturated heterocycles. The summed E-state index contributed by atoms with van der Waals surface area (Å²) in [4.78, 5) is 30.6. The third-order valence-electron chi connectivity index (χ3n) is 9.42. The Balaban J connectivity index is 2.34. The van der Waals surface area contributed by atoms with Gasteiger partial charge in [0.25, 0.3) is 0 Å². The van der Waals surface area contributed by atoms with E-state index in [9.17, 15) is 19.8 Å². The highest BCUT2D eigenvalue weighted by Gasteiger charge is 2.32. The van der Waals surface area contributed by atoms with E-state index in [0.717, 1.165) is 49.2 Å². The number of hydrogen-bond donors (Lipinski definition) is 5. The predicted octanol–water partition coefficient (Wildman–Crippen LogP) is 8.75. The number of aliphatic hydroxyl groups is 1. The van der Waals surface area contributed by atoms with Crippen LogP contribution in [0.4, 0.5) is 5.69 Å². The number of nitrogens with zero attached hydrogens (tertiary/aromatic N) is 2. The van der Waals surface area contributed by atoms with Crippen LogP contribution in [0.1, 0.15) is 128 Å². The molecule has 3 atom stereocenters. The van der Waals surface area contributed by atoms with Crippen LogP contribution in [0.3, 0.4) is 0 Å². The van der Waals surface area contributed by atoms with Crippen molar-refractivity contribution in [1.29, 1.82) is 0 Å². The number of aromatic nitrogens is 1. The highest BCUT2D eigenvalue weighted by molar-refractivity contribution is 7.09. The topological polar surface area (TPSA) is 144 Å². The van der Waals surface area contributed by atoms with Gasteiger partial charge in [-0.1, -0.05) is 78.7 Å². The van der Waals surface area contributed by atoms with Crippen LogP contribution in [0.25, 0.3) is 5.70 Å². The van der Waals surface area contributed by atoms with Crippen molar-refractivity contribution in [2.45, 2.75) is 130 Å². The van der Waals surface area contributed by atoms with Gasteiger partial charge in [0.05, 0.1) is 16.8 Å². The van der Waals surface area contributed by atoms with E-state index in [4.69, 9.17) is 14.8 Å². The number of ether oxygens (including phenoxy) is 1. The number of rotatable bonds is 29. The van der Waals surface area contributed by atoms with Gasteiger partial charge >= 0.3 is 11.9 Å². The summed E-state index contributed by atoms with van der Waals surface area (Å²) in [6.45, 7) is 22.5. The summed E-state index contributed by atoms with van der Waals surface area (Å²) in [7, 11) is 0. The van der Waals surface area contributed by atoms with Gasteiger partial charge in [0.1, 0.15) is 17.7 Å². The third-order valence-corrected chi connectivity index (χ3v) is 10.4. The zero-order valence-corrected chi connectivity index (χ0v) is 33.4. The number of nitrogens with one attached hydrogen (secondary N) is 2. The molecule has 2 aromatic rings. The van der Waals surface area contributed by atoms with Gasteiger partial charge in [0.15, 0.2) is 0 Å². The number of thiazole rings is 1. The number of unbranched alkanes of at least 4 members (excludes halogenated alkanes) is 4. The van der Waals surface area contributed by atoms with Crippen LogP contribution in [-0.2, 0) is 20.7 Å². The quantitative estimate of drug-likeness (QED) is 0.0513. The van der Waals surface area contributed by atoms with E-state index in [1.807, 2.05) is 29.6 Å². The van der Waals surface area contributed by atoms with Gasteiger partial charge in [-0.2, -0.15) is 0 Å². The lowest BCUT2D eigenvalue weighted by Gasteiger charge is -2.39.